The average Bonchev–Trinajstić information content (AvgIpc) is 2.82. The number of fused-ring (bicyclic) bond motifs is 1. The SMILES string of the molecule is COCCCC1CCN(C(=O)c2cc(Cc3n[nH]c(=O)c4ccccc34)ccc2F)CC1. The summed E-state index contributed by atoms with van der Waals surface area (Å²) in [6.45, 7) is 2.05. The van der Waals surface area contributed by atoms with Crippen molar-refractivity contribution < 1.29 is 13.9 Å². The van der Waals surface area contributed by atoms with Gasteiger partial charge in [0.25, 0.3) is 11.5 Å². The van der Waals surface area contributed by atoms with Gasteiger partial charge >= 0.3 is 0 Å². The molecule has 0 saturated carbocycles. The summed E-state index contributed by atoms with van der Waals surface area (Å²) < 4.78 is 19.7. The highest BCUT2D eigenvalue weighted by molar-refractivity contribution is 5.94. The number of aromatic nitrogens is 2. The Morgan fingerprint density at radius 3 is 2.69 bits per heavy atom. The molecule has 0 unspecified atom stereocenters. The van der Waals surface area contributed by atoms with Crippen molar-refractivity contribution in [2.45, 2.75) is 32.1 Å². The van der Waals surface area contributed by atoms with Crippen LogP contribution < -0.4 is 5.56 Å². The zero-order valence-electron chi connectivity index (χ0n) is 18.3. The third-order valence-electron chi connectivity index (χ3n) is 6.27. The molecule has 6 nitrogen and oxygen atoms in total. The van der Waals surface area contributed by atoms with Crippen molar-refractivity contribution in [3.05, 3.63) is 75.5 Å². The number of hydrogen-bond donors (Lipinski definition) is 1. The number of methoxy groups -OCH3 is 1. The van der Waals surface area contributed by atoms with Crippen molar-refractivity contribution in [1.82, 2.24) is 15.1 Å². The van der Waals surface area contributed by atoms with E-state index >= 15 is 0 Å². The first-order chi connectivity index (χ1) is 15.6. The van der Waals surface area contributed by atoms with Crippen molar-refractivity contribution >= 4 is 16.7 Å². The Labute approximate surface area is 186 Å². The van der Waals surface area contributed by atoms with E-state index in [1.165, 1.54) is 6.07 Å². The molecule has 168 valence electrons. The predicted molar refractivity (Wildman–Crippen MR) is 121 cm³/mol. The molecule has 32 heavy (non-hydrogen) atoms. The number of halogens is 1. The van der Waals surface area contributed by atoms with Gasteiger partial charge in [0.05, 0.1) is 16.6 Å². The number of likely N-dealkylation sites (tertiary alicyclic amines) is 1. The molecule has 1 aliphatic heterocycles. The predicted octanol–water partition coefficient (Wildman–Crippen LogP) is 3.93. The first-order valence-electron chi connectivity index (χ1n) is 11.1. The van der Waals surface area contributed by atoms with Gasteiger partial charge in [-0.15, -0.1) is 0 Å². The van der Waals surface area contributed by atoms with Gasteiger partial charge in [-0.1, -0.05) is 24.3 Å². The van der Waals surface area contributed by atoms with Crippen LogP contribution in [0.3, 0.4) is 0 Å². The topological polar surface area (TPSA) is 75.3 Å². The van der Waals surface area contributed by atoms with Crippen molar-refractivity contribution in [2.75, 3.05) is 26.8 Å². The lowest BCUT2D eigenvalue weighted by Crippen LogP contribution is -2.39. The summed E-state index contributed by atoms with van der Waals surface area (Å²) in [4.78, 5) is 26.8. The van der Waals surface area contributed by atoms with Gasteiger partial charge < -0.3 is 9.64 Å². The third kappa shape index (κ3) is 4.88. The normalized spacial score (nSPS) is 14.8. The molecule has 7 heteroatoms. The van der Waals surface area contributed by atoms with Gasteiger partial charge in [-0.3, -0.25) is 9.59 Å². The molecule has 1 aromatic heterocycles. The molecule has 3 aromatic rings. The lowest BCUT2D eigenvalue weighted by atomic mass is 9.92. The summed E-state index contributed by atoms with van der Waals surface area (Å²) in [6, 6.07) is 11.9. The molecule has 1 saturated heterocycles. The Hall–Kier alpha value is -3.06. The highest BCUT2D eigenvalue weighted by atomic mass is 19.1. The van der Waals surface area contributed by atoms with Crippen LogP contribution in [0.5, 0.6) is 0 Å². The number of ether oxygens (including phenoxy) is 1. The van der Waals surface area contributed by atoms with Gasteiger partial charge in [-0.05, 0) is 55.4 Å². The maximum atomic E-state index is 14.6. The number of rotatable bonds is 7. The van der Waals surface area contributed by atoms with Crippen LogP contribution in [0.2, 0.25) is 0 Å². The fourth-order valence-corrected chi connectivity index (χ4v) is 4.46. The molecule has 0 radical (unpaired) electrons. The van der Waals surface area contributed by atoms with E-state index in [0.29, 0.717) is 36.5 Å². The Kier molecular flexibility index (Phi) is 6.95. The van der Waals surface area contributed by atoms with Crippen molar-refractivity contribution in [3.8, 4) is 0 Å². The summed E-state index contributed by atoms with van der Waals surface area (Å²) >= 11 is 0. The number of nitrogens with zero attached hydrogens (tertiary/aromatic N) is 2. The maximum absolute atomic E-state index is 14.6. The molecule has 1 aliphatic rings. The van der Waals surface area contributed by atoms with Crippen LogP contribution in [0.4, 0.5) is 4.39 Å². The van der Waals surface area contributed by atoms with Crippen LogP contribution in [-0.4, -0.2) is 47.8 Å². The zero-order chi connectivity index (χ0) is 22.5. The van der Waals surface area contributed by atoms with Gasteiger partial charge in [0, 0.05) is 38.6 Å². The molecule has 2 heterocycles. The Balaban J connectivity index is 1.49. The molecule has 1 amide bonds. The molecule has 0 bridgehead atoms. The summed E-state index contributed by atoms with van der Waals surface area (Å²) in [7, 11) is 1.71. The smallest absolute Gasteiger partial charge is 0.272 e. The third-order valence-corrected chi connectivity index (χ3v) is 6.27. The molecule has 1 N–H and O–H groups in total. The molecular formula is C25H28FN3O3. The Morgan fingerprint density at radius 1 is 1.19 bits per heavy atom. The number of piperidine rings is 1. The number of amides is 1. The fourth-order valence-electron chi connectivity index (χ4n) is 4.46. The van der Waals surface area contributed by atoms with E-state index in [4.69, 9.17) is 4.74 Å². The molecular weight excluding hydrogens is 409 g/mol. The zero-order valence-corrected chi connectivity index (χ0v) is 18.3. The van der Waals surface area contributed by atoms with Gasteiger partial charge in [0.2, 0.25) is 0 Å². The highest BCUT2D eigenvalue weighted by Gasteiger charge is 2.25. The van der Waals surface area contributed by atoms with E-state index in [0.717, 1.165) is 43.2 Å². The lowest BCUT2D eigenvalue weighted by molar-refractivity contribution is 0.0676. The Morgan fingerprint density at radius 2 is 1.94 bits per heavy atom. The minimum Gasteiger partial charge on any atom is -0.385 e. The average molecular weight is 438 g/mol. The molecule has 2 aromatic carbocycles. The maximum Gasteiger partial charge on any atom is 0.272 e. The van der Waals surface area contributed by atoms with Crippen molar-refractivity contribution in [2.24, 2.45) is 5.92 Å². The van der Waals surface area contributed by atoms with E-state index in [-0.39, 0.29) is 17.0 Å². The van der Waals surface area contributed by atoms with Gasteiger partial charge in [-0.2, -0.15) is 5.10 Å². The minimum atomic E-state index is -0.514. The number of H-pyrrole nitrogens is 1. The second-order valence-corrected chi connectivity index (χ2v) is 8.41. The van der Waals surface area contributed by atoms with Gasteiger partial charge in [0.1, 0.15) is 5.82 Å². The molecule has 1 fully saturated rings. The number of hydrogen-bond acceptors (Lipinski definition) is 4. The lowest BCUT2D eigenvalue weighted by Gasteiger charge is -2.32. The minimum absolute atomic E-state index is 0.0917. The monoisotopic (exact) mass is 437 g/mol. The van der Waals surface area contributed by atoms with Crippen molar-refractivity contribution in [1.29, 1.82) is 0 Å². The number of nitrogens with one attached hydrogen (secondary N) is 1. The van der Waals surface area contributed by atoms with Crippen LogP contribution in [-0.2, 0) is 11.2 Å². The van der Waals surface area contributed by atoms with Crippen LogP contribution >= 0.6 is 0 Å². The highest BCUT2D eigenvalue weighted by Crippen LogP contribution is 2.25. The van der Waals surface area contributed by atoms with Crippen LogP contribution in [0.1, 0.15) is 47.3 Å². The number of aromatic amines is 1. The first kappa shape index (κ1) is 22.1. The second-order valence-electron chi connectivity index (χ2n) is 8.41. The van der Waals surface area contributed by atoms with Crippen LogP contribution in [0, 0.1) is 11.7 Å². The van der Waals surface area contributed by atoms with Gasteiger partial charge in [0.15, 0.2) is 0 Å². The quantitative estimate of drug-likeness (QED) is 0.569. The van der Waals surface area contributed by atoms with E-state index in [1.807, 2.05) is 12.1 Å². The molecule has 0 atom stereocenters. The standard InChI is InChI=1S/C25H28FN3O3/c1-32-14-4-5-17-10-12-29(13-11-17)25(31)21-15-18(8-9-22(21)26)16-23-19-6-2-3-7-20(19)24(30)28-27-23/h2-3,6-9,15,17H,4-5,10-14,16H2,1H3,(H,28,30). The largest absolute Gasteiger partial charge is 0.385 e. The van der Waals surface area contributed by atoms with E-state index in [2.05, 4.69) is 10.2 Å². The van der Waals surface area contributed by atoms with E-state index in [9.17, 15) is 14.0 Å². The van der Waals surface area contributed by atoms with Gasteiger partial charge in [-0.25, -0.2) is 9.49 Å². The fraction of sp³-hybridized carbons (Fsp3) is 0.400. The molecule has 0 aliphatic carbocycles. The van der Waals surface area contributed by atoms with Crippen LogP contribution in [0.15, 0.2) is 47.3 Å². The number of carbonyl (C=O) groups is 1. The second kappa shape index (κ2) is 10.0. The summed E-state index contributed by atoms with van der Waals surface area (Å²) in [6.07, 6.45) is 4.38. The van der Waals surface area contributed by atoms with E-state index in [1.54, 1.807) is 36.3 Å². The summed E-state index contributed by atoms with van der Waals surface area (Å²) in [5.74, 6) is -0.191. The number of benzene rings is 2. The first-order valence-corrected chi connectivity index (χ1v) is 11.1. The van der Waals surface area contributed by atoms with Crippen molar-refractivity contribution in [3.63, 3.8) is 0 Å². The Bertz CT molecular complexity index is 1150. The number of carbonyl (C=O) groups excluding carboxylic acids is 1. The molecule has 4 rings (SSSR count). The molecule has 0 spiro atoms. The summed E-state index contributed by atoms with van der Waals surface area (Å²) in [5, 5.41) is 8.03. The van der Waals surface area contributed by atoms with E-state index < -0.39 is 5.82 Å². The van der Waals surface area contributed by atoms with Crippen LogP contribution in [0.25, 0.3) is 10.8 Å². The summed E-state index contributed by atoms with van der Waals surface area (Å²) in [5.41, 5.74) is 1.30.